The van der Waals surface area contributed by atoms with Gasteiger partial charge >= 0.3 is 18.3 Å². The number of carboxylic acids is 1. The summed E-state index contributed by atoms with van der Waals surface area (Å²) in [5, 5.41) is 24.9. The van der Waals surface area contributed by atoms with Gasteiger partial charge in [0.2, 0.25) is 11.8 Å². The lowest BCUT2D eigenvalue weighted by Gasteiger charge is -2.13. The largest absolute Gasteiger partial charge is 0.478 e. The number of hydrogen-bond donors (Lipinski definition) is 3. The molecule has 8 aromatic rings. The number of carboxylic acid groups (broad SMARTS) is 1. The second kappa shape index (κ2) is 20.9. The highest BCUT2D eigenvalue weighted by Gasteiger charge is 2.28. The molecule has 3 N–H and O–H groups in total. The van der Waals surface area contributed by atoms with Gasteiger partial charge in [-0.1, -0.05) is 48.3 Å². The van der Waals surface area contributed by atoms with Crippen LogP contribution in [-0.4, -0.2) is 71.5 Å². The summed E-state index contributed by atoms with van der Waals surface area (Å²) >= 11 is 11.8. The Morgan fingerprint density at radius 2 is 1.03 bits per heavy atom. The van der Waals surface area contributed by atoms with Crippen LogP contribution in [0.3, 0.4) is 0 Å². The van der Waals surface area contributed by atoms with Crippen molar-refractivity contribution >= 4 is 57.6 Å². The number of aromatic nitrogens is 6. The van der Waals surface area contributed by atoms with E-state index in [-0.39, 0.29) is 36.2 Å². The van der Waals surface area contributed by atoms with Gasteiger partial charge in [0.15, 0.2) is 17.1 Å². The Hall–Kier alpha value is -7.38. The van der Waals surface area contributed by atoms with E-state index in [0.717, 1.165) is 11.1 Å². The maximum atomic E-state index is 12.7. The van der Waals surface area contributed by atoms with E-state index in [1.165, 1.54) is 33.4 Å². The van der Waals surface area contributed by atoms with Crippen molar-refractivity contribution in [3.63, 3.8) is 0 Å². The number of benzene rings is 4. The molecule has 4 aromatic heterocycles. The quantitative estimate of drug-likeness (QED) is 0.0663. The van der Waals surface area contributed by atoms with E-state index in [1.807, 2.05) is 13.0 Å². The van der Waals surface area contributed by atoms with E-state index >= 15 is 0 Å². The van der Waals surface area contributed by atoms with Gasteiger partial charge in [0.05, 0.1) is 53.6 Å². The van der Waals surface area contributed by atoms with Crippen LogP contribution < -0.4 is 20.1 Å². The lowest BCUT2D eigenvalue weighted by atomic mass is 9.99. The Kier molecular flexibility index (Phi) is 15.0. The minimum atomic E-state index is -4.32. The number of alkyl halides is 6. The predicted molar refractivity (Wildman–Crippen MR) is 249 cm³/mol. The van der Waals surface area contributed by atoms with E-state index in [0.29, 0.717) is 78.7 Å². The first-order valence-corrected chi connectivity index (χ1v) is 21.7. The van der Waals surface area contributed by atoms with Crippen molar-refractivity contribution in [2.45, 2.75) is 52.4 Å². The number of imidazole rings is 2. The third-order valence-electron chi connectivity index (χ3n) is 10.3. The summed E-state index contributed by atoms with van der Waals surface area (Å²) in [5.74, 6) is 0.157. The monoisotopic (exact) mass is 992 g/mol. The zero-order valence-electron chi connectivity index (χ0n) is 36.7. The number of aromatic carboxylic acids is 1. The number of ketones is 1. The molecule has 0 aliphatic rings. The van der Waals surface area contributed by atoms with Crippen molar-refractivity contribution < 1.29 is 50.5 Å². The number of ether oxygens (including phenoxy) is 2. The minimum absolute atomic E-state index is 0.0418. The number of aryl methyl sites for hydroxylation is 2. The van der Waals surface area contributed by atoms with Gasteiger partial charge in [-0.25, -0.2) is 23.8 Å². The average molecular weight is 994 g/mol. The maximum absolute atomic E-state index is 12.7. The summed E-state index contributed by atoms with van der Waals surface area (Å²) in [6, 6.07) is 26.3. The van der Waals surface area contributed by atoms with Gasteiger partial charge in [-0.05, 0) is 91.7 Å². The number of carbonyl (C=O) groups is 2. The van der Waals surface area contributed by atoms with E-state index in [4.69, 9.17) is 32.7 Å². The number of anilines is 2. The molecule has 0 saturated carbocycles. The van der Waals surface area contributed by atoms with E-state index in [1.54, 1.807) is 92.8 Å². The number of hydrogen-bond acceptors (Lipinski definition) is 10. The molecule has 0 aliphatic carbocycles. The number of fused-ring (bicyclic) bond motifs is 2. The Bertz CT molecular complexity index is 3140. The lowest BCUT2D eigenvalue weighted by molar-refractivity contribution is -0.132. The van der Waals surface area contributed by atoms with Crippen LogP contribution in [0.4, 0.5) is 37.7 Å². The molecule has 69 heavy (non-hydrogen) atoms. The molecule has 0 atom stereocenters. The number of rotatable bonds is 15. The van der Waals surface area contributed by atoms with Crippen molar-refractivity contribution in [1.82, 2.24) is 29.2 Å². The highest BCUT2D eigenvalue weighted by molar-refractivity contribution is 6.30. The van der Waals surface area contributed by atoms with Crippen molar-refractivity contribution in [2.75, 3.05) is 23.7 Å². The Balaban J connectivity index is 0.000000204. The molecule has 4 heterocycles. The van der Waals surface area contributed by atoms with Gasteiger partial charge in [0, 0.05) is 58.4 Å². The van der Waals surface area contributed by atoms with E-state index < -0.39 is 31.2 Å². The van der Waals surface area contributed by atoms with Gasteiger partial charge in [-0.3, -0.25) is 4.79 Å². The summed E-state index contributed by atoms with van der Waals surface area (Å²) in [6.07, 6.45) is -7.15. The average Bonchev–Trinajstić information content (AvgIpc) is 3.92. The Morgan fingerprint density at radius 3 is 1.39 bits per heavy atom. The van der Waals surface area contributed by atoms with Gasteiger partial charge in [-0.15, -0.1) is 10.2 Å². The third-order valence-corrected chi connectivity index (χ3v) is 10.8. The summed E-state index contributed by atoms with van der Waals surface area (Å²) in [5.41, 5.74) is 5.91. The van der Waals surface area contributed by atoms with E-state index in [9.17, 15) is 41.0 Å². The standard InChI is InChI=1S/C25H22ClF3N4O2.C23H18ClF3N4O3/c1-3-22(34)19-9-4-16(12-15(19)2)21-14-31-24-20(30-11-10-25(27,28)29)13-23(32-33(21)24)35-18-7-5-17(26)6-8-18;1-13-10-14(2-7-17(13)22(32)33)19-12-29-21-18(28-9-8-23(25,26)27)11-20(30-31(19)21)34-16-5-3-15(24)4-6-16/h4-9,12-14,30H,3,10-11H2,1-2H3;2-7,10-12,28H,8-9H2,1H3,(H,32,33). The zero-order chi connectivity index (χ0) is 49.6. The summed E-state index contributed by atoms with van der Waals surface area (Å²) in [4.78, 5) is 32.2. The summed E-state index contributed by atoms with van der Waals surface area (Å²) < 4.78 is 90.8. The highest BCUT2D eigenvalue weighted by atomic mass is 35.5. The number of nitrogens with one attached hydrogen (secondary N) is 2. The molecule has 13 nitrogen and oxygen atoms in total. The predicted octanol–water partition coefficient (Wildman–Crippen LogP) is 13.3. The fourth-order valence-corrected chi connectivity index (χ4v) is 7.21. The molecule has 0 saturated heterocycles. The summed E-state index contributed by atoms with van der Waals surface area (Å²) in [7, 11) is 0. The summed E-state index contributed by atoms with van der Waals surface area (Å²) in [6.45, 7) is 4.63. The van der Waals surface area contributed by atoms with Crippen LogP contribution in [0.1, 0.15) is 58.0 Å². The number of Topliss-reactive ketones (excluding diaryl/α,β-unsaturated/α-hetero) is 1. The molecule has 0 fully saturated rings. The fourth-order valence-electron chi connectivity index (χ4n) is 6.96. The topological polar surface area (TPSA) is 157 Å². The molecule has 0 aliphatic heterocycles. The first kappa shape index (κ1) is 49.5. The van der Waals surface area contributed by atoms with Crippen LogP contribution in [0.5, 0.6) is 23.3 Å². The SMILES string of the molecule is CCC(=O)c1ccc(-c2cnc3c(NCCC(F)(F)F)cc(Oc4ccc(Cl)cc4)nn23)cc1C.Cc1cc(-c2cnc3c(NCCC(F)(F)F)cc(Oc4ccc(Cl)cc4)nn23)ccc1C(=O)O. The molecule has 21 heteroatoms. The minimum Gasteiger partial charge on any atom is -0.478 e. The number of halogens is 8. The van der Waals surface area contributed by atoms with Crippen LogP contribution >= 0.6 is 23.2 Å². The molecular formula is C48H40Cl2F6N8O5. The zero-order valence-corrected chi connectivity index (χ0v) is 38.2. The molecule has 0 unspecified atom stereocenters. The van der Waals surface area contributed by atoms with Gasteiger partial charge in [0.1, 0.15) is 11.5 Å². The first-order chi connectivity index (χ1) is 32.7. The molecule has 8 rings (SSSR count). The lowest BCUT2D eigenvalue weighted by Crippen LogP contribution is -2.15. The second-order valence-corrected chi connectivity index (χ2v) is 16.3. The molecule has 358 valence electrons. The molecule has 0 amide bonds. The van der Waals surface area contributed by atoms with Crippen molar-refractivity contribution in [1.29, 1.82) is 0 Å². The maximum Gasteiger partial charge on any atom is 0.390 e. The molecular weight excluding hydrogens is 953 g/mol. The van der Waals surface area contributed by atoms with Crippen molar-refractivity contribution in [2.24, 2.45) is 0 Å². The van der Waals surface area contributed by atoms with Crippen molar-refractivity contribution in [3.05, 3.63) is 142 Å². The normalized spacial score (nSPS) is 11.6. The van der Waals surface area contributed by atoms with Gasteiger partial charge < -0.3 is 25.2 Å². The molecule has 0 spiro atoms. The van der Waals surface area contributed by atoms with Gasteiger partial charge in [0.25, 0.3) is 0 Å². The Labute approximate surface area is 399 Å². The van der Waals surface area contributed by atoms with Crippen LogP contribution in [0, 0.1) is 13.8 Å². The van der Waals surface area contributed by atoms with Gasteiger partial charge in [-0.2, -0.15) is 26.3 Å². The van der Waals surface area contributed by atoms with Crippen molar-refractivity contribution in [3.8, 4) is 45.8 Å². The number of nitrogens with zero attached hydrogens (tertiary/aromatic N) is 6. The third kappa shape index (κ3) is 12.6. The molecule has 0 bridgehead atoms. The van der Waals surface area contributed by atoms with Crippen LogP contribution in [0.25, 0.3) is 33.8 Å². The van der Waals surface area contributed by atoms with E-state index in [2.05, 4.69) is 30.8 Å². The second-order valence-electron chi connectivity index (χ2n) is 15.4. The molecule has 4 aromatic carbocycles. The Morgan fingerprint density at radius 1 is 0.623 bits per heavy atom. The highest BCUT2D eigenvalue weighted by Crippen LogP contribution is 2.33. The molecule has 0 radical (unpaired) electrons. The van der Waals surface area contributed by atoms with Crippen LogP contribution in [0.2, 0.25) is 10.0 Å². The first-order valence-electron chi connectivity index (χ1n) is 21.0. The fraction of sp³-hybridized carbons (Fsp3) is 0.208. The van der Waals surface area contributed by atoms with Crippen LogP contribution in [0.15, 0.2) is 109 Å². The smallest absolute Gasteiger partial charge is 0.390 e. The number of carbonyl (C=O) groups excluding carboxylic acids is 1. The van der Waals surface area contributed by atoms with Crippen LogP contribution in [-0.2, 0) is 0 Å².